The van der Waals surface area contributed by atoms with Crippen molar-refractivity contribution < 1.29 is 14.3 Å². The molecular formula is C23H36N4O3. The Morgan fingerprint density at radius 3 is 2.97 bits per heavy atom. The average molecular weight is 417 g/mol. The molecule has 2 aliphatic rings. The number of nitrogens with one attached hydrogen (secondary N) is 2. The summed E-state index contributed by atoms with van der Waals surface area (Å²) in [4.78, 5) is 18.5. The maximum atomic E-state index is 11.9. The van der Waals surface area contributed by atoms with E-state index in [0.29, 0.717) is 26.1 Å². The number of guanidine groups is 1. The second-order valence-electron chi connectivity index (χ2n) is 7.92. The second-order valence-corrected chi connectivity index (χ2v) is 7.92. The van der Waals surface area contributed by atoms with Crippen LogP contribution in [0.2, 0.25) is 0 Å². The van der Waals surface area contributed by atoms with Gasteiger partial charge in [-0.05, 0) is 43.7 Å². The van der Waals surface area contributed by atoms with Crippen LogP contribution in [0.3, 0.4) is 0 Å². The maximum absolute atomic E-state index is 11.9. The van der Waals surface area contributed by atoms with Gasteiger partial charge >= 0.3 is 0 Å². The van der Waals surface area contributed by atoms with Crippen LogP contribution in [0.25, 0.3) is 0 Å². The second kappa shape index (κ2) is 12.5. The molecule has 1 atom stereocenters. The number of ether oxygens (including phenoxy) is 2. The van der Waals surface area contributed by atoms with Crippen molar-refractivity contribution in [2.75, 3.05) is 39.5 Å². The first-order valence-electron chi connectivity index (χ1n) is 11.3. The maximum Gasteiger partial charge on any atom is 0.222 e. The summed E-state index contributed by atoms with van der Waals surface area (Å²) in [6.45, 7) is 8.16. The minimum Gasteiger partial charge on any atom is -0.379 e. The monoisotopic (exact) mass is 416 g/mol. The molecule has 2 aliphatic heterocycles. The van der Waals surface area contributed by atoms with Crippen molar-refractivity contribution in [3.05, 3.63) is 35.4 Å². The van der Waals surface area contributed by atoms with Gasteiger partial charge in [0.1, 0.15) is 0 Å². The van der Waals surface area contributed by atoms with E-state index in [1.165, 1.54) is 5.56 Å². The molecule has 1 unspecified atom stereocenters. The highest BCUT2D eigenvalue weighted by atomic mass is 16.5. The van der Waals surface area contributed by atoms with Gasteiger partial charge in [0.25, 0.3) is 0 Å². The Balaban J connectivity index is 1.39. The summed E-state index contributed by atoms with van der Waals surface area (Å²) in [6.07, 6.45) is 5.14. The highest BCUT2D eigenvalue weighted by Gasteiger charge is 2.20. The van der Waals surface area contributed by atoms with Gasteiger partial charge in [0.15, 0.2) is 5.96 Å². The van der Waals surface area contributed by atoms with Crippen molar-refractivity contribution in [1.29, 1.82) is 0 Å². The van der Waals surface area contributed by atoms with Crippen molar-refractivity contribution in [2.45, 2.75) is 58.2 Å². The molecule has 0 spiro atoms. The minimum atomic E-state index is 0.261. The lowest BCUT2D eigenvalue weighted by Gasteiger charge is -2.16. The van der Waals surface area contributed by atoms with Gasteiger partial charge in [0.2, 0.25) is 5.91 Å². The number of hydrogen-bond acceptors (Lipinski definition) is 4. The van der Waals surface area contributed by atoms with Gasteiger partial charge in [-0.1, -0.05) is 24.3 Å². The number of nitrogens with zero attached hydrogens (tertiary/aromatic N) is 2. The quantitative estimate of drug-likeness (QED) is 0.329. The molecule has 0 radical (unpaired) electrons. The van der Waals surface area contributed by atoms with Gasteiger partial charge < -0.3 is 25.0 Å². The summed E-state index contributed by atoms with van der Waals surface area (Å²) in [5.41, 5.74) is 2.32. The summed E-state index contributed by atoms with van der Waals surface area (Å²) in [6, 6.07) is 8.37. The van der Waals surface area contributed by atoms with Gasteiger partial charge in [-0.2, -0.15) is 0 Å². The lowest BCUT2D eigenvalue weighted by Crippen LogP contribution is -2.38. The minimum absolute atomic E-state index is 0.261. The van der Waals surface area contributed by atoms with Crippen molar-refractivity contribution in [2.24, 2.45) is 4.99 Å². The zero-order valence-electron chi connectivity index (χ0n) is 18.2. The molecule has 1 aromatic rings. The van der Waals surface area contributed by atoms with Gasteiger partial charge in [-0.3, -0.25) is 4.79 Å². The largest absolute Gasteiger partial charge is 0.379 e. The molecule has 1 aromatic carbocycles. The first kappa shape index (κ1) is 22.6. The van der Waals surface area contributed by atoms with Gasteiger partial charge in [-0.15, -0.1) is 0 Å². The number of aliphatic imine (C=N–C) groups is 1. The average Bonchev–Trinajstić information content (AvgIpc) is 3.41. The van der Waals surface area contributed by atoms with Gasteiger partial charge in [-0.25, -0.2) is 4.99 Å². The van der Waals surface area contributed by atoms with Crippen LogP contribution in [0.4, 0.5) is 0 Å². The molecule has 0 saturated carbocycles. The number of rotatable bonds is 11. The third-order valence-electron chi connectivity index (χ3n) is 5.39. The van der Waals surface area contributed by atoms with Crippen molar-refractivity contribution in [3.63, 3.8) is 0 Å². The highest BCUT2D eigenvalue weighted by Crippen LogP contribution is 2.15. The molecule has 2 saturated heterocycles. The van der Waals surface area contributed by atoms with Crippen LogP contribution in [0.1, 0.15) is 50.2 Å². The van der Waals surface area contributed by atoms with E-state index in [4.69, 9.17) is 14.5 Å². The molecule has 0 bridgehead atoms. The van der Waals surface area contributed by atoms with E-state index in [2.05, 4.69) is 35.8 Å². The topological polar surface area (TPSA) is 75.2 Å². The Hall–Kier alpha value is -2.12. The van der Waals surface area contributed by atoms with Crippen molar-refractivity contribution in [1.82, 2.24) is 15.5 Å². The Kier molecular flexibility index (Phi) is 9.44. The number of carbonyl (C=O) groups excluding carboxylic acids is 1. The van der Waals surface area contributed by atoms with Crippen molar-refractivity contribution in [3.8, 4) is 0 Å². The number of hydrogen-bond donors (Lipinski definition) is 2. The van der Waals surface area contributed by atoms with Crippen LogP contribution < -0.4 is 10.6 Å². The van der Waals surface area contributed by atoms with Crippen LogP contribution in [0, 0.1) is 0 Å². The highest BCUT2D eigenvalue weighted by molar-refractivity contribution is 5.79. The van der Waals surface area contributed by atoms with E-state index in [1.807, 2.05) is 11.0 Å². The number of carbonyl (C=O) groups is 1. The number of amides is 1. The molecule has 30 heavy (non-hydrogen) atoms. The third-order valence-corrected chi connectivity index (χ3v) is 5.39. The Labute approximate surface area is 180 Å². The molecule has 1 amide bonds. The Morgan fingerprint density at radius 1 is 1.30 bits per heavy atom. The Bertz CT molecular complexity index is 689. The fraction of sp³-hybridized carbons (Fsp3) is 0.652. The SMILES string of the molecule is CCNC(=NCc1cccc(CN2CCCC2=O)c1)NCCCOCC1CCCO1. The van der Waals surface area contributed by atoms with E-state index in [1.54, 1.807) is 0 Å². The van der Waals surface area contributed by atoms with E-state index in [-0.39, 0.29) is 12.0 Å². The van der Waals surface area contributed by atoms with Gasteiger partial charge in [0.05, 0.1) is 19.3 Å². The fourth-order valence-electron chi connectivity index (χ4n) is 3.80. The summed E-state index contributed by atoms with van der Waals surface area (Å²) in [7, 11) is 0. The molecular weight excluding hydrogens is 380 g/mol. The fourth-order valence-corrected chi connectivity index (χ4v) is 3.80. The molecule has 3 rings (SSSR count). The predicted octanol–water partition coefficient (Wildman–Crippen LogP) is 2.45. The first-order chi connectivity index (χ1) is 14.7. The first-order valence-corrected chi connectivity index (χ1v) is 11.3. The molecule has 0 aromatic heterocycles. The van der Waals surface area contributed by atoms with Gasteiger partial charge in [0, 0.05) is 45.8 Å². The van der Waals surface area contributed by atoms with E-state index >= 15 is 0 Å². The standard InChI is InChI=1S/C23H36N4O3/c1-2-24-23(25-11-6-13-29-18-21-9-5-14-30-21)26-16-19-7-3-8-20(15-19)17-27-12-4-10-22(27)28/h3,7-8,15,21H,2,4-6,9-14,16-18H2,1H3,(H2,24,25,26). The zero-order valence-corrected chi connectivity index (χ0v) is 18.2. The molecule has 7 nitrogen and oxygen atoms in total. The molecule has 7 heteroatoms. The molecule has 0 aliphatic carbocycles. The lowest BCUT2D eigenvalue weighted by molar-refractivity contribution is -0.128. The zero-order chi connectivity index (χ0) is 21.0. The lowest BCUT2D eigenvalue weighted by atomic mass is 10.1. The molecule has 166 valence electrons. The Morgan fingerprint density at radius 2 is 2.20 bits per heavy atom. The van der Waals surface area contributed by atoms with E-state index in [0.717, 1.165) is 70.1 Å². The summed E-state index contributed by atoms with van der Waals surface area (Å²) in [5, 5.41) is 6.67. The van der Waals surface area contributed by atoms with Crippen LogP contribution in [-0.2, 0) is 27.4 Å². The van der Waals surface area contributed by atoms with Crippen LogP contribution in [-0.4, -0.2) is 62.3 Å². The normalized spacial score (nSPS) is 19.5. The van der Waals surface area contributed by atoms with E-state index in [9.17, 15) is 4.79 Å². The summed E-state index contributed by atoms with van der Waals surface area (Å²) < 4.78 is 11.3. The predicted molar refractivity (Wildman–Crippen MR) is 118 cm³/mol. The smallest absolute Gasteiger partial charge is 0.222 e. The number of likely N-dealkylation sites (tertiary alicyclic amines) is 1. The summed E-state index contributed by atoms with van der Waals surface area (Å²) in [5.74, 6) is 1.08. The van der Waals surface area contributed by atoms with Crippen LogP contribution in [0.15, 0.2) is 29.3 Å². The summed E-state index contributed by atoms with van der Waals surface area (Å²) >= 11 is 0. The molecule has 2 fully saturated rings. The van der Waals surface area contributed by atoms with Crippen molar-refractivity contribution >= 4 is 11.9 Å². The van der Waals surface area contributed by atoms with Crippen LogP contribution in [0.5, 0.6) is 0 Å². The van der Waals surface area contributed by atoms with Crippen LogP contribution >= 0.6 is 0 Å². The molecule has 2 N–H and O–H groups in total. The molecule has 2 heterocycles. The van der Waals surface area contributed by atoms with E-state index < -0.39 is 0 Å². The number of benzene rings is 1. The third kappa shape index (κ3) is 7.61.